The van der Waals surface area contributed by atoms with E-state index in [1.807, 2.05) is 0 Å². The summed E-state index contributed by atoms with van der Waals surface area (Å²) in [4.78, 5) is 2.46. The molecule has 0 aromatic heterocycles. The number of ether oxygens (including phenoxy) is 1. The molecule has 0 radical (unpaired) electrons. The van der Waals surface area contributed by atoms with Gasteiger partial charge in [-0.1, -0.05) is 27.7 Å². The van der Waals surface area contributed by atoms with Crippen molar-refractivity contribution in [3.8, 4) is 0 Å². The van der Waals surface area contributed by atoms with E-state index < -0.39 is 0 Å². The van der Waals surface area contributed by atoms with Crippen molar-refractivity contribution in [3.63, 3.8) is 0 Å². The van der Waals surface area contributed by atoms with E-state index in [4.69, 9.17) is 10.5 Å². The van der Waals surface area contributed by atoms with Crippen LogP contribution in [0.25, 0.3) is 0 Å². The zero-order valence-electron chi connectivity index (χ0n) is 11.0. The van der Waals surface area contributed by atoms with Gasteiger partial charge < -0.3 is 10.5 Å². The van der Waals surface area contributed by atoms with Gasteiger partial charge in [-0.25, -0.2) is 0 Å². The lowest BCUT2D eigenvalue weighted by atomic mass is 10.0. The molecule has 0 spiro atoms. The van der Waals surface area contributed by atoms with E-state index in [1.54, 1.807) is 7.11 Å². The second-order valence-corrected chi connectivity index (χ2v) is 4.93. The van der Waals surface area contributed by atoms with Crippen LogP contribution in [0.3, 0.4) is 0 Å². The van der Waals surface area contributed by atoms with Crippen LogP contribution in [0.4, 0.5) is 0 Å². The predicted octanol–water partition coefficient (Wildman–Crippen LogP) is 1.57. The van der Waals surface area contributed by atoms with E-state index in [-0.39, 0.29) is 0 Å². The molecule has 15 heavy (non-hydrogen) atoms. The third-order valence-electron chi connectivity index (χ3n) is 2.66. The number of nitrogens with two attached hydrogens (primary N) is 1. The fourth-order valence-corrected chi connectivity index (χ4v) is 1.91. The van der Waals surface area contributed by atoms with Gasteiger partial charge in [0.25, 0.3) is 0 Å². The summed E-state index contributed by atoms with van der Waals surface area (Å²) in [6, 6.07) is 0.475. The molecular weight excluding hydrogens is 188 g/mol. The van der Waals surface area contributed by atoms with Crippen molar-refractivity contribution in [1.29, 1.82) is 0 Å². The largest absolute Gasteiger partial charge is 0.383 e. The molecular formula is C12H28N2O. The number of rotatable bonds is 8. The summed E-state index contributed by atoms with van der Waals surface area (Å²) in [6.45, 7) is 12.6. The quantitative estimate of drug-likeness (QED) is 0.669. The fourth-order valence-electron chi connectivity index (χ4n) is 1.91. The average molecular weight is 216 g/mol. The standard InChI is InChI=1S/C12H28N2O/c1-10(2)9-14(6-7-15-5)12(8-13)11(3)4/h10-12H,6-9,13H2,1-5H3. The third-order valence-corrected chi connectivity index (χ3v) is 2.66. The molecule has 0 aromatic carbocycles. The van der Waals surface area contributed by atoms with Crippen LogP contribution in [0.5, 0.6) is 0 Å². The zero-order chi connectivity index (χ0) is 11.8. The lowest BCUT2D eigenvalue weighted by molar-refractivity contribution is 0.0936. The maximum atomic E-state index is 5.84. The summed E-state index contributed by atoms with van der Waals surface area (Å²) < 4.78 is 5.15. The molecule has 92 valence electrons. The van der Waals surface area contributed by atoms with Crippen LogP contribution < -0.4 is 5.73 Å². The number of methoxy groups -OCH3 is 1. The molecule has 0 rings (SSSR count). The fraction of sp³-hybridized carbons (Fsp3) is 1.00. The highest BCUT2D eigenvalue weighted by Crippen LogP contribution is 2.11. The van der Waals surface area contributed by atoms with Crippen LogP contribution in [0.1, 0.15) is 27.7 Å². The normalized spacial score (nSPS) is 14.2. The summed E-state index contributed by atoms with van der Waals surface area (Å²) in [5.74, 6) is 1.28. The molecule has 2 N–H and O–H groups in total. The Morgan fingerprint density at radius 2 is 1.80 bits per heavy atom. The molecule has 0 aromatic rings. The van der Waals surface area contributed by atoms with E-state index in [0.29, 0.717) is 17.9 Å². The lowest BCUT2D eigenvalue weighted by Gasteiger charge is -2.34. The molecule has 3 nitrogen and oxygen atoms in total. The highest BCUT2D eigenvalue weighted by atomic mass is 16.5. The molecule has 1 unspecified atom stereocenters. The van der Waals surface area contributed by atoms with E-state index >= 15 is 0 Å². The molecule has 1 atom stereocenters. The number of hydrogen-bond acceptors (Lipinski definition) is 3. The Kier molecular flexibility index (Phi) is 8.02. The smallest absolute Gasteiger partial charge is 0.0589 e. The van der Waals surface area contributed by atoms with Crippen molar-refractivity contribution in [2.45, 2.75) is 33.7 Å². The maximum Gasteiger partial charge on any atom is 0.0589 e. The van der Waals surface area contributed by atoms with Crippen LogP contribution in [-0.2, 0) is 4.74 Å². The first-order valence-electron chi connectivity index (χ1n) is 5.96. The average Bonchev–Trinajstić information content (AvgIpc) is 2.13. The van der Waals surface area contributed by atoms with Gasteiger partial charge in [0.05, 0.1) is 6.61 Å². The van der Waals surface area contributed by atoms with E-state index in [2.05, 4.69) is 32.6 Å². The number of nitrogens with zero attached hydrogens (tertiary/aromatic N) is 1. The van der Waals surface area contributed by atoms with Crippen LogP contribution in [-0.4, -0.2) is 44.3 Å². The molecule has 0 aliphatic carbocycles. The van der Waals surface area contributed by atoms with Crippen molar-refractivity contribution in [2.24, 2.45) is 17.6 Å². The third kappa shape index (κ3) is 6.13. The van der Waals surface area contributed by atoms with Gasteiger partial charge in [-0.3, -0.25) is 4.90 Å². The van der Waals surface area contributed by atoms with Gasteiger partial charge in [0, 0.05) is 32.8 Å². The summed E-state index contributed by atoms with van der Waals surface area (Å²) in [7, 11) is 1.75. The minimum Gasteiger partial charge on any atom is -0.383 e. The zero-order valence-corrected chi connectivity index (χ0v) is 11.0. The molecule has 0 saturated heterocycles. The van der Waals surface area contributed by atoms with Gasteiger partial charge in [0.15, 0.2) is 0 Å². The minimum atomic E-state index is 0.475. The van der Waals surface area contributed by atoms with Gasteiger partial charge in [-0.05, 0) is 11.8 Å². The Morgan fingerprint density at radius 3 is 2.13 bits per heavy atom. The molecule has 0 saturated carbocycles. The Hall–Kier alpha value is -0.120. The van der Waals surface area contributed by atoms with Gasteiger partial charge in [0.2, 0.25) is 0 Å². The summed E-state index contributed by atoms with van der Waals surface area (Å²) in [5.41, 5.74) is 5.84. The Balaban J connectivity index is 4.29. The highest BCUT2D eigenvalue weighted by Gasteiger charge is 2.20. The first kappa shape index (κ1) is 14.9. The predicted molar refractivity (Wildman–Crippen MR) is 66.0 cm³/mol. The molecule has 0 aliphatic heterocycles. The summed E-state index contributed by atoms with van der Waals surface area (Å²) >= 11 is 0. The van der Waals surface area contributed by atoms with Gasteiger partial charge in [-0.2, -0.15) is 0 Å². The van der Waals surface area contributed by atoms with Crippen molar-refractivity contribution in [1.82, 2.24) is 4.90 Å². The highest BCUT2D eigenvalue weighted by molar-refractivity contribution is 4.76. The molecule has 0 bridgehead atoms. The molecule has 0 fully saturated rings. The van der Waals surface area contributed by atoms with Crippen LogP contribution >= 0.6 is 0 Å². The summed E-state index contributed by atoms with van der Waals surface area (Å²) in [5, 5.41) is 0. The van der Waals surface area contributed by atoms with E-state index in [9.17, 15) is 0 Å². The topological polar surface area (TPSA) is 38.5 Å². The van der Waals surface area contributed by atoms with Crippen LogP contribution in [0.2, 0.25) is 0 Å². The Bertz CT molecular complexity index is 149. The lowest BCUT2D eigenvalue weighted by Crippen LogP contribution is -2.47. The van der Waals surface area contributed by atoms with Crippen molar-refractivity contribution in [2.75, 3.05) is 33.4 Å². The minimum absolute atomic E-state index is 0.475. The van der Waals surface area contributed by atoms with Gasteiger partial charge >= 0.3 is 0 Å². The Labute approximate surface area is 95.0 Å². The van der Waals surface area contributed by atoms with Gasteiger partial charge in [0.1, 0.15) is 0 Å². The summed E-state index contributed by atoms with van der Waals surface area (Å²) in [6.07, 6.45) is 0. The van der Waals surface area contributed by atoms with Crippen LogP contribution in [0.15, 0.2) is 0 Å². The van der Waals surface area contributed by atoms with Gasteiger partial charge in [-0.15, -0.1) is 0 Å². The van der Waals surface area contributed by atoms with E-state index in [0.717, 1.165) is 26.2 Å². The first-order valence-corrected chi connectivity index (χ1v) is 5.96. The van der Waals surface area contributed by atoms with Crippen molar-refractivity contribution < 1.29 is 4.74 Å². The molecule has 0 heterocycles. The second-order valence-electron chi connectivity index (χ2n) is 4.93. The molecule has 3 heteroatoms. The monoisotopic (exact) mass is 216 g/mol. The first-order chi connectivity index (χ1) is 7.02. The molecule has 0 aliphatic rings. The van der Waals surface area contributed by atoms with Crippen LogP contribution in [0, 0.1) is 11.8 Å². The van der Waals surface area contributed by atoms with Crippen molar-refractivity contribution >= 4 is 0 Å². The van der Waals surface area contributed by atoms with E-state index in [1.165, 1.54) is 0 Å². The Morgan fingerprint density at radius 1 is 1.20 bits per heavy atom. The molecule has 0 amide bonds. The maximum absolute atomic E-state index is 5.84. The number of hydrogen-bond donors (Lipinski definition) is 1. The van der Waals surface area contributed by atoms with Crippen molar-refractivity contribution in [3.05, 3.63) is 0 Å². The SMILES string of the molecule is COCCN(CC(C)C)C(CN)C(C)C. The second kappa shape index (κ2) is 8.08.